The van der Waals surface area contributed by atoms with Gasteiger partial charge in [-0.2, -0.15) is 0 Å². The summed E-state index contributed by atoms with van der Waals surface area (Å²) in [7, 11) is 0. The van der Waals surface area contributed by atoms with Crippen molar-refractivity contribution in [1.29, 1.82) is 0 Å². The summed E-state index contributed by atoms with van der Waals surface area (Å²) in [6.45, 7) is 1.15. The van der Waals surface area contributed by atoms with Crippen molar-refractivity contribution in [3.8, 4) is 11.5 Å². The summed E-state index contributed by atoms with van der Waals surface area (Å²) in [6.07, 6.45) is 0. The molecule has 0 aromatic heterocycles. The highest BCUT2D eigenvalue weighted by Crippen LogP contribution is 2.36. The van der Waals surface area contributed by atoms with Crippen molar-refractivity contribution >= 4 is 34.7 Å². The topological polar surface area (TPSA) is 83.1 Å². The fourth-order valence-corrected chi connectivity index (χ4v) is 3.72. The predicted octanol–water partition coefficient (Wildman–Crippen LogP) is 4.04. The number of nitrogens with one attached hydrogen (secondary N) is 2. The molecule has 8 heteroatoms. The van der Waals surface area contributed by atoms with Crippen LogP contribution in [-0.2, 0) is 4.79 Å². The second-order valence-electron chi connectivity index (χ2n) is 7.51. The number of benzene rings is 3. The lowest BCUT2D eigenvalue weighted by Gasteiger charge is -2.18. The van der Waals surface area contributed by atoms with Gasteiger partial charge in [-0.05, 0) is 48.5 Å². The molecule has 3 amide bonds. The fraction of sp³-hybridized carbons (Fsp3) is 0.167. The minimum atomic E-state index is -0.241. The first-order valence-electron chi connectivity index (χ1n) is 10.3. The molecule has 2 N–H and O–H groups in total. The number of hydrogen-bond acceptors (Lipinski definition) is 5. The lowest BCUT2D eigenvalue weighted by atomic mass is 10.2. The van der Waals surface area contributed by atoms with Gasteiger partial charge in [0, 0.05) is 41.9 Å². The smallest absolute Gasteiger partial charge is 0.325 e. The highest BCUT2D eigenvalue weighted by molar-refractivity contribution is 5.99. The van der Waals surface area contributed by atoms with Crippen molar-refractivity contribution in [3.63, 3.8) is 0 Å². The van der Waals surface area contributed by atoms with Crippen LogP contribution < -0.4 is 25.0 Å². The van der Waals surface area contributed by atoms with Gasteiger partial charge in [-0.15, -0.1) is 0 Å². The molecular formula is C24H22N4O4. The first kappa shape index (κ1) is 19.7. The summed E-state index contributed by atoms with van der Waals surface area (Å²) in [5, 5.41) is 6.15. The zero-order valence-corrected chi connectivity index (χ0v) is 17.3. The summed E-state index contributed by atoms with van der Waals surface area (Å²) in [4.78, 5) is 28.5. The van der Waals surface area contributed by atoms with Crippen molar-refractivity contribution in [2.45, 2.75) is 0 Å². The van der Waals surface area contributed by atoms with Crippen LogP contribution in [0.15, 0.2) is 72.8 Å². The molecule has 0 spiro atoms. The van der Waals surface area contributed by atoms with E-state index in [9.17, 15) is 9.59 Å². The molecule has 2 aliphatic heterocycles. The number of hydrogen-bond donors (Lipinski definition) is 2. The minimum Gasteiger partial charge on any atom is -0.454 e. The molecule has 8 nitrogen and oxygen atoms in total. The van der Waals surface area contributed by atoms with Crippen molar-refractivity contribution in [3.05, 3.63) is 72.8 Å². The van der Waals surface area contributed by atoms with Gasteiger partial charge in [0.1, 0.15) is 6.54 Å². The van der Waals surface area contributed by atoms with E-state index < -0.39 is 0 Å². The molecular weight excluding hydrogens is 408 g/mol. The molecule has 1 fully saturated rings. The van der Waals surface area contributed by atoms with Crippen LogP contribution in [-0.4, -0.2) is 43.3 Å². The molecule has 0 radical (unpaired) electrons. The maximum Gasteiger partial charge on any atom is 0.325 e. The van der Waals surface area contributed by atoms with E-state index in [1.165, 1.54) is 4.90 Å². The normalized spacial score (nSPS) is 14.6. The maximum atomic E-state index is 12.8. The van der Waals surface area contributed by atoms with Crippen LogP contribution in [0.1, 0.15) is 0 Å². The van der Waals surface area contributed by atoms with E-state index in [1.54, 1.807) is 17.0 Å². The molecule has 5 rings (SSSR count). The highest BCUT2D eigenvalue weighted by Gasteiger charge is 2.31. The monoisotopic (exact) mass is 430 g/mol. The average Bonchev–Trinajstić information content (AvgIpc) is 3.42. The molecule has 0 unspecified atom stereocenters. The molecule has 1 saturated heterocycles. The molecule has 0 aliphatic carbocycles. The number of carbonyl (C=O) groups is 2. The summed E-state index contributed by atoms with van der Waals surface area (Å²) >= 11 is 0. The van der Waals surface area contributed by atoms with E-state index in [2.05, 4.69) is 10.6 Å². The Morgan fingerprint density at radius 3 is 2.38 bits per heavy atom. The Bertz CT molecular complexity index is 1130. The Hall–Kier alpha value is -4.20. The van der Waals surface area contributed by atoms with Gasteiger partial charge >= 0.3 is 6.03 Å². The Kier molecular flexibility index (Phi) is 5.25. The van der Waals surface area contributed by atoms with Crippen molar-refractivity contribution in [1.82, 2.24) is 4.90 Å². The number of nitrogens with zero attached hydrogens (tertiary/aromatic N) is 2. The summed E-state index contributed by atoms with van der Waals surface area (Å²) < 4.78 is 10.7. The van der Waals surface area contributed by atoms with Gasteiger partial charge in [0.2, 0.25) is 12.7 Å². The number of anilines is 4. The standard InChI is InChI=1S/C24H22N4O4/c29-23(26-19-8-6-18(7-9-19)25-17-4-2-1-3-5-17)15-27-12-13-28(24(27)30)20-10-11-21-22(14-20)32-16-31-21/h1-11,14,25H,12-13,15-16H2,(H,26,29). The molecule has 162 valence electrons. The first-order valence-corrected chi connectivity index (χ1v) is 10.3. The fourth-order valence-electron chi connectivity index (χ4n) is 3.72. The van der Waals surface area contributed by atoms with Gasteiger partial charge < -0.3 is 25.0 Å². The van der Waals surface area contributed by atoms with Crippen LogP contribution >= 0.6 is 0 Å². The molecule has 3 aromatic carbocycles. The second-order valence-corrected chi connectivity index (χ2v) is 7.51. The molecule has 2 heterocycles. The largest absolute Gasteiger partial charge is 0.454 e. The Morgan fingerprint density at radius 2 is 1.56 bits per heavy atom. The second kappa shape index (κ2) is 8.50. The number of ether oxygens (including phenoxy) is 2. The highest BCUT2D eigenvalue weighted by atomic mass is 16.7. The third-order valence-corrected chi connectivity index (χ3v) is 5.33. The van der Waals surface area contributed by atoms with Gasteiger partial charge in [-0.1, -0.05) is 18.2 Å². The average molecular weight is 430 g/mol. The van der Waals surface area contributed by atoms with Gasteiger partial charge in [-0.3, -0.25) is 9.69 Å². The van der Waals surface area contributed by atoms with Crippen LogP contribution in [0.3, 0.4) is 0 Å². The van der Waals surface area contributed by atoms with E-state index in [0.717, 1.165) is 17.1 Å². The van der Waals surface area contributed by atoms with Gasteiger partial charge in [0.05, 0.1) is 0 Å². The maximum absolute atomic E-state index is 12.8. The van der Waals surface area contributed by atoms with Crippen molar-refractivity contribution < 1.29 is 19.1 Å². The predicted molar refractivity (Wildman–Crippen MR) is 122 cm³/mol. The summed E-state index contributed by atoms with van der Waals surface area (Å²) in [5.41, 5.74) is 3.31. The van der Waals surface area contributed by atoms with Crippen molar-refractivity contribution in [2.75, 3.05) is 42.0 Å². The third-order valence-electron chi connectivity index (χ3n) is 5.33. The number of amides is 3. The van der Waals surface area contributed by atoms with Gasteiger partial charge in [-0.25, -0.2) is 4.79 Å². The molecule has 3 aromatic rings. The molecule has 0 atom stereocenters. The molecule has 32 heavy (non-hydrogen) atoms. The zero-order valence-electron chi connectivity index (χ0n) is 17.3. The molecule has 0 saturated carbocycles. The van der Waals surface area contributed by atoms with Crippen LogP contribution in [0.2, 0.25) is 0 Å². The van der Waals surface area contributed by atoms with E-state index >= 15 is 0 Å². The van der Waals surface area contributed by atoms with E-state index in [-0.39, 0.29) is 25.3 Å². The Labute approximate surface area is 185 Å². The number of para-hydroxylation sites is 1. The zero-order chi connectivity index (χ0) is 21.9. The number of carbonyl (C=O) groups excluding carboxylic acids is 2. The Morgan fingerprint density at radius 1 is 0.844 bits per heavy atom. The van der Waals surface area contributed by atoms with Crippen LogP contribution in [0.25, 0.3) is 0 Å². The van der Waals surface area contributed by atoms with Gasteiger partial charge in [0.25, 0.3) is 0 Å². The van der Waals surface area contributed by atoms with Gasteiger partial charge in [0.15, 0.2) is 11.5 Å². The van der Waals surface area contributed by atoms with Crippen LogP contribution in [0.5, 0.6) is 11.5 Å². The van der Waals surface area contributed by atoms with E-state index in [1.807, 2.05) is 60.7 Å². The quantitative estimate of drug-likeness (QED) is 0.617. The van der Waals surface area contributed by atoms with Crippen molar-refractivity contribution in [2.24, 2.45) is 0 Å². The van der Waals surface area contributed by atoms with E-state index in [4.69, 9.17) is 9.47 Å². The van der Waals surface area contributed by atoms with E-state index in [0.29, 0.717) is 30.3 Å². The first-order chi connectivity index (χ1) is 15.7. The lowest BCUT2D eigenvalue weighted by molar-refractivity contribution is -0.116. The number of fused-ring (bicyclic) bond motifs is 1. The third kappa shape index (κ3) is 4.15. The lowest BCUT2D eigenvalue weighted by Crippen LogP contribution is -2.37. The molecule has 0 bridgehead atoms. The minimum absolute atomic E-state index is 0.0100. The van der Waals surface area contributed by atoms with Crippen LogP contribution in [0.4, 0.5) is 27.5 Å². The summed E-state index contributed by atoms with van der Waals surface area (Å²) in [6, 6.07) is 22.5. The van der Waals surface area contributed by atoms with Crippen LogP contribution in [0, 0.1) is 0 Å². The Balaban J connectivity index is 1.16. The SMILES string of the molecule is O=C(CN1CCN(c2ccc3c(c2)OCO3)C1=O)Nc1ccc(Nc2ccccc2)cc1. The summed E-state index contributed by atoms with van der Waals surface area (Å²) in [5.74, 6) is 1.05. The number of urea groups is 1. The number of rotatable bonds is 6. The molecule has 2 aliphatic rings.